The molecular weight excluding hydrogens is 316 g/mol. The van der Waals surface area contributed by atoms with E-state index in [1.165, 1.54) is 25.2 Å². The van der Waals surface area contributed by atoms with Crippen molar-refractivity contribution < 1.29 is 9.90 Å². The fraction of sp³-hybridized carbons (Fsp3) is 0.263. The van der Waals surface area contributed by atoms with Crippen LogP contribution in [-0.4, -0.2) is 25.6 Å². The first-order chi connectivity index (χ1) is 12.2. The van der Waals surface area contributed by atoms with E-state index in [1.54, 1.807) is 0 Å². The number of nitrogens with zero attached hydrogens (tertiary/aromatic N) is 4. The van der Waals surface area contributed by atoms with Crippen LogP contribution in [0.2, 0.25) is 0 Å². The van der Waals surface area contributed by atoms with Crippen LogP contribution in [0.1, 0.15) is 47.8 Å². The normalized spacial score (nSPS) is 14.7. The van der Waals surface area contributed by atoms with Gasteiger partial charge in [-0.25, -0.2) is 9.78 Å². The van der Waals surface area contributed by atoms with E-state index in [9.17, 15) is 10.1 Å². The molecule has 1 aromatic carbocycles. The summed E-state index contributed by atoms with van der Waals surface area (Å²) in [6, 6.07) is 8.63. The first-order valence-electron chi connectivity index (χ1n) is 8.28. The lowest BCUT2D eigenvalue weighted by Crippen LogP contribution is -2.02. The molecule has 124 valence electrons. The van der Waals surface area contributed by atoms with Gasteiger partial charge in [-0.2, -0.15) is 5.26 Å². The van der Waals surface area contributed by atoms with Crippen molar-refractivity contribution in [3.63, 3.8) is 0 Å². The molecule has 0 amide bonds. The van der Waals surface area contributed by atoms with E-state index < -0.39 is 5.97 Å². The number of carbonyl (C=O) groups is 1. The molecule has 0 bridgehead atoms. The lowest BCUT2D eigenvalue weighted by atomic mass is 10.1. The summed E-state index contributed by atoms with van der Waals surface area (Å²) in [5.74, 6) is -1.10. The van der Waals surface area contributed by atoms with Crippen molar-refractivity contribution in [2.24, 2.45) is 0 Å². The molecule has 6 nitrogen and oxygen atoms in total. The van der Waals surface area contributed by atoms with Crippen molar-refractivity contribution in [3.05, 3.63) is 48.0 Å². The molecule has 2 heterocycles. The number of carboxylic acid groups (broad SMARTS) is 1. The van der Waals surface area contributed by atoms with Gasteiger partial charge >= 0.3 is 5.97 Å². The molecule has 25 heavy (non-hydrogen) atoms. The molecule has 0 radical (unpaired) electrons. The molecule has 4 rings (SSSR count). The van der Waals surface area contributed by atoms with E-state index in [0.29, 0.717) is 17.3 Å². The number of hydrogen-bond donors (Lipinski definition) is 1. The van der Waals surface area contributed by atoms with E-state index in [-0.39, 0.29) is 5.69 Å². The zero-order valence-corrected chi connectivity index (χ0v) is 13.5. The molecule has 0 aliphatic heterocycles. The predicted octanol–water partition coefficient (Wildman–Crippen LogP) is 3.78. The summed E-state index contributed by atoms with van der Waals surface area (Å²) in [6.07, 6.45) is 9.41. The highest BCUT2D eigenvalue weighted by molar-refractivity contribution is 5.90. The van der Waals surface area contributed by atoms with Crippen molar-refractivity contribution in [2.45, 2.75) is 31.7 Å². The van der Waals surface area contributed by atoms with E-state index >= 15 is 0 Å². The number of rotatable bonds is 3. The van der Waals surface area contributed by atoms with Crippen LogP contribution < -0.4 is 0 Å². The highest BCUT2D eigenvalue weighted by Crippen LogP contribution is 2.35. The Kier molecular flexibility index (Phi) is 3.69. The molecule has 1 N–H and O–H groups in total. The van der Waals surface area contributed by atoms with Crippen LogP contribution in [0.25, 0.3) is 22.2 Å². The Balaban J connectivity index is 1.79. The van der Waals surface area contributed by atoms with Gasteiger partial charge in [0, 0.05) is 28.7 Å². The van der Waals surface area contributed by atoms with Crippen molar-refractivity contribution in [2.75, 3.05) is 0 Å². The molecule has 1 fully saturated rings. The van der Waals surface area contributed by atoms with Gasteiger partial charge in [-0.15, -0.1) is 0 Å². The number of benzene rings is 1. The second-order valence-electron chi connectivity index (χ2n) is 6.32. The van der Waals surface area contributed by atoms with Crippen LogP contribution >= 0.6 is 0 Å². The quantitative estimate of drug-likeness (QED) is 0.788. The van der Waals surface area contributed by atoms with Crippen LogP contribution in [-0.2, 0) is 0 Å². The Morgan fingerprint density at radius 2 is 2.04 bits per heavy atom. The molecule has 2 aromatic heterocycles. The van der Waals surface area contributed by atoms with Crippen molar-refractivity contribution >= 4 is 16.9 Å². The van der Waals surface area contributed by atoms with E-state index in [0.717, 1.165) is 29.3 Å². The van der Waals surface area contributed by atoms with Gasteiger partial charge in [-0.05, 0) is 25.0 Å². The Labute approximate surface area is 144 Å². The fourth-order valence-electron chi connectivity index (χ4n) is 3.58. The molecule has 1 aliphatic carbocycles. The minimum Gasteiger partial charge on any atom is -0.476 e. The zero-order chi connectivity index (χ0) is 17.4. The molecule has 1 aliphatic rings. The molecule has 0 spiro atoms. The summed E-state index contributed by atoms with van der Waals surface area (Å²) in [4.78, 5) is 19.0. The molecule has 6 heteroatoms. The lowest BCUT2D eigenvalue weighted by Gasteiger charge is -2.13. The molecule has 0 unspecified atom stereocenters. The molecule has 1 saturated carbocycles. The monoisotopic (exact) mass is 332 g/mol. The van der Waals surface area contributed by atoms with Gasteiger partial charge in [-0.3, -0.25) is 4.98 Å². The van der Waals surface area contributed by atoms with Gasteiger partial charge in [0.1, 0.15) is 6.07 Å². The van der Waals surface area contributed by atoms with Crippen LogP contribution in [0.3, 0.4) is 0 Å². The van der Waals surface area contributed by atoms with Crippen molar-refractivity contribution in [1.29, 1.82) is 5.26 Å². The Morgan fingerprint density at radius 1 is 1.24 bits per heavy atom. The van der Waals surface area contributed by atoms with Gasteiger partial charge < -0.3 is 9.67 Å². The molecule has 3 aromatic rings. The SMILES string of the molecule is N#Cc1cn(C2CCCC2)c2ccc(-c3cnc(C(=O)O)cn3)cc12. The summed E-state index contributed by atoms with van der Waals surface area (Å²) in [6.45, 7) is 0. The van der Waals surface area contributed by atoms with Crippen molar-refractivity contribution in [3.8, 4) is 17.3 Å². The third-order valence-electron chi connectivity index (χ3n) is 4.84. The van der Waals surface area contributed by atoms with Gasteiger partial charge in [0.15, 0.2) is 5.69 Å². The maximum atomic E-state index is 10.9. The minimum atomic E-state index is -1.10. The van der Waals surface area contributed by atoms with Gasteiger partial charge in [0.05, 0.1) is 23.7 Å². The maximum absolute atomic E-state index is 10.9. The Bertz CT molecular complexity index is 993. The largest absolute Gasteiger partial charge is 0.476 e. The summed E-state index contributed by atoms with van der Waals surface area (Å²) in [7, 11) is 0. The van der Waals surface area contributed by atoms with Crippen molar-refractivity contribution in [1.82, 2.24) is 14.5 Å². The van der Waals surface area contributed by atoms with Crippen LogP contribution in [0, 0.1) is 11.3 Å². The average Bonchev–Trinajstić information content (AvgIpc) is 3.28. The highest BCUT2D eigenvalue weighted by atomic mass is 16.4. The lowest BCUT2D eigenvalue weighted by molar-refractivity contribution is 0.0690. The first-order valence-corrected chi connectivity index (χ1v) is 8.28. The topological polar surface area (TPSA) is 91.8 Å². The average molecular weight is 332 g/mol. The third-order valence-corrected chi connectivity index (χ3v) is 4.84. The minimum absolute atomic E-state index is 0.0880. The number of aromatic nitrogens is 3. The Morgan fingerprint density at radius 3 is 2.68 bits per heavy atom. The van der Waals surface area contributed by atoms with E-state index in [1.807, 2.05) is 24.4 Å². The fourth-order valence-corrected chi connectivity index (χ4v) is 3.58. The summed E-state index contributed by atoms with van der Waals surface area (Å²) in [5.41, 5.74) is 3.03. The number of hydrogen-bond acceptors (Lipinski definition) is 4. The Hall–Kier alpha value is -3.20. The summed E-state index contributed by atoms with van der Waals surface area (Å²) in [5, 5.41) is 19.3. The molecular formula is C19H16N4O2. The summed E-state index contributed by atoms with van der Waals surface area (Å²) < 4.78 is 2.23. The number of fused-ring (bicyclic) bond motifs is 1. The van der Waals surface area contributed by atoms with Crippen LogP contribution in [0.15, 0.2) is 36.8 Å². The molecule has 0 atom stereocenters. The summed E-state index contributed by atoms with van der Waals surface area (Å²) >= 11 is 0. The standard InChI is InChI=1S/C19H16N4O2/c20-8-13-11-23(14-3-1-2-4-14)18-6-5-12(7-15(13)18)16-9-22-17(10-21-16)19(24)25/h5-7,9-11,14H,1-4H2,(H,24,25). The van der Waals surface area contributed by atoms with E-state index in [2.05, 4.69) is 20.6 Å². The zero-order valence-electron chi connectivity index (χ0n) is 13.5. The van der Waals surface area contributed by atoms with E-state index in [4.69, 9.17) is 5.11 Å². The number of carboxylic acids is 1. The first kappa shape index (κ1) is 15.3. The smallest absolute Gasteiger partial charge is 0.356 e. The van der Waals surface area contributed by atoms with Gasteiger partial charge in [-0.1, -0.05) is 18.9 Å². The third kappa shape index (κ3) is 2.64. The maximum Gasteiger partial charge on any atom is 0.356 e. The predicted molar refractivity (Wildman–Crippen MR) is 92.1 cm³/mol. The van der Waals surface area contributed by atoms with Gasteiger partial charge in [0.25, 0.3) is 0 Å². The second kappa shape index (κ2) is 6.02. The van der Waals surface area contributed by atoms with Crippen LogP contribution in [0.5, 0.6) is 0 Å². The number of aromatic carboxylic acids is 1. The highest BCUT2D eigenvalue weighted by Gasteiger charge is 2.20. The second-order valence-corrected chi connectivity index (χ2v) is 6.32. The van der Waals surface area contributed by atoms with Crippen LogP contribution in [0.4, 0.5) is 0 Å². The number of nitriles is 1. The van der Waals surface area contributed by atoms with Gasteiger partial charge in [0.2, 0.25) is 0 Å². The molecule has 0 saturated heterocycles.